The maximum atomic E-state index is 11.9. The molecule has 0 saturated carbocycles. The lowest BCUT2D eigenvalue weighted by molar-refractivity contribution is -0.114. The van der Waals surface area contributed by atoms with Crippen LogP contribution in [-0.4, -0.2) is 18.2 Å². The Kier molecular flexibility index (Phi) is 5.17. The summed E-state index contributed by atoms with van der Waals surface area (Å²) in [7, 11) is 0. The smallest absolute Gasteiger partial charge is 0.243 e. The summed E-state index contributed by atoms with van der Waals surface area (Å²) in [5.74, 6) is -0.181. The number of rotatable bonds is 5. The number of aryl methyl sites for hydroxylation is 1. The van der Waals surface area contributed by atoms with Gasteiger partial charge in [0.2, 0.25) is 5.91 Å². The van der Waals surface area contributed by atoms with Gasteiger partial charge in [0.1, 0.15) is 0 Å². The normalized spacial score (nSPS) is 10.1. The van der Waals surface area contributed by atoms with Crippen LogP contribution < -0.4 is 10.6 Å². The molecule has 5 heteroatoms. The Balaban J connectivity index is 1.91. The van der Waals surface area contributed by atoms with Crippen molar-refractivity contribution in [2.24, 2.45) is 0 Å². The average Bonchev–Trinajstić information content (AvgIpc) is 2.48. The largest absolute Gasteiger partial charge is 0.376 e. The molecule has 0 heterocycles. The van der Waals surface area contributed by atoms with Gasteiger partial charge in [-0.2, -0.15) is 0 Å². The summed E-state index contributed by atoms with van der Waals surface area (Å²) >= 11 is 6.07. The van der Waals surface area contributed by atoms with E-state index in [1.54, 1.807) is 36.4 Å². The molecule has 2 aromatic rings. The predicted octanol–water partition coefficient (Wildman–Crippen LogP) is 3.90. The van der Waals surface area contributed by atoms with Crippen LogP contribution in [0.3, 0.4) is 0 Å². The van der Waals surface area contributed by atoms with Gasteiger partial charge in [0.15, 0.2) is 5.78 Å². The third-order valence-corrected chi connectivity index (χ3v) is 3.46. The highest BCUT2D eigenvalue weighted by molar-refractivity contribution is 6.33. The molecule has 0 aromatic heterocycles. The van der Waals surface area contributed by atoms with Crippen LogP contribution in [0.15, 0.2) is 42.5 Å². The molecular weight excluding hydrogens is 300 g/mol. The molecule has 22 heavy (non-hydrogen) atoms. The number of hydrogen-bond acceptors (Lipinski definition) is 3. The maximum absolute atomic E-state index is 11.9. The first-order valence-electron chi connectivity index (χ1n) is 6.86. The minimum absolute atomic E-state index is 0.0123. The lowest BCUT2D eigenvalue weighted by Crippen LogP contribution is -2.21. The van der Waals surface area contributed by atoms with Crippen molar-refractivity contribution in [3.63, 3.8) is 0 Å². The summed E-state index contributed by atoms with van der Waals surface area (Å²) in [6, 6.07) is 12.4. The highest BCUT2D eigenvalue weighted by Crippen LogP contribution is 2.22. The Bertz CT molecular complexity index is 696. The second-order valence-electron chi connectivity index (χ2n) is 5.02. The van der Waals surface area contributed by atoms with Gasteiger partial charge in [0, 0.05) is 11.3 Å². The van der Waals surface area contributed by atoms with Crippen LogP contribution in [0.2, 0.25) is 5.02 Å². The quantitative estimate of drug-likeness (QED) is 0.822. The number of amides is 1. The third kappa shape index (κ3) is 4.33. The van der Waals surface area contributed by atoms with E-state index >= 15 is 0 Å². The van der Waals surface area contributed by atoms with E-state index in [2.05, 4.69) is 10.6 Å². The Morgan fingerprint density at radius 3 is 2.36 bits per heavy atom. The molecule has 0 atom stereocenters. The second kappa shape index (κ2) is 7.09. The third-order valence-electron chi connectivity index (χ3n) is 3.14. The van der Waals surface area contributed by atoms with Crippen LogP contribution in [0.25, 0.3) is 0 Å². The maximum Gasteiger partial charge on any atom is 0.243 e. The van der Waals surface area contributed by atoms with Crippen molar-refractivity contribution in [1.29, 1.82) is 0 Å². The fourth-order valence-corrected chi connectivity index (χ4v) is 2.20. The summed E-state index contributed by atoms with van der Waals surface area (Å²) in [6.45, 7) is 3.56. The number of hydrogen-bond donors (Lipinski definition) is 2. The van der Waals surface area contributed by atoms with Gasteiger partial charge >= 0.3 is 0 Å². The number of carbonyl (C=O) groups is 2. The van der Waals surface area contributed by atoms with Crippen LogP contribution in [0, 0.1) is 6.92 Å². The molecule has 114 valence electrons. The topological polar surface area (TPSA) is 58.2 Å². The van der Waals surface area contributed by atoms with Gasteiger partial charge in [-0.15, -0.1) is 0 Å². The number of anilines is 2. The molecule has 0 aliphatic heterocycles. The molecule has 0 aliphatic carbocycles. The van der Waals surface area contributed by atoms with Crippen molar-refractivity contribution in [3.8, 4) is 0 Å². The van der Waals surface area contributed by atoms with E-state index in [0.717, 1.165) is 11.3 Å². The fourth-order valence-electron chi connectivity index (χ4n) is 1.92. The molecule has 0 radical (unpaired) electrons. The lowest BCUT2D eigenvalue weighted by Gasteiger charge is -2.10. The second-order valence-corrected chi connectivity index (χ2v) is 5.43. The summed E-state index contributed by atoms with van der Waals surface area (Å²) in [5.41, 5.74) is 3.04. The summed E-state index contributed by atoms with van der Waals surface area (Å²) in [4.78, 5) is 23.1. The van der Waals surface area contributed by atoms with E-state index in [9.17, 15) is 9.59 Å². The molecule has 0 bridgehead atoms. The van der Waals surface area contributed by atoms with Crippen LogP contribution >= 0.6 is 11.6 Å². The lowest BCUT2D eigenvalue weighted by atomic mass is 10.1. The highest BCUT2D eigenvalue weighted by Gasteiger charge is 2.06. The first-order chi connectivity index (χ1) is 10.5. The van der Waals surface area contributed by atoms with Crippen molar-refractivity contribution in [3.05, 3.63) is 58.6 Å². The van der Waals surface area contributed by atoms with Gasteiger partial charge in [0.25, 0.3) is 0 Å². The summed E-state index contributed by atoms with van der Waals surface area (Å²) in [6.07, 6.45) is 0. The van der Waals surface area contributed by atoms with E-state index in [0.29, 0.717) is 16.3 Å². The molecule has 0 aliphatic rings. The van der Waals surface area contributed by atoms with Crippen molar-refractivity contribution < 1.29 is 9.59 Å². The van der Waals surface area contributed by atoms with Crippen molar-refractivity contribution in [2.75, 3.05) is 17.2 Å². The number of nitrogens with one attached hydrogen (secondary N) is 2. The monoisotopic (exact) mass is 316 g/mol. The standard InChI is InChI=1S/C17H17ClN2O2/c1-11-3-8-16(15(18)9-11)20-17(22)10-19-14-6-4-13(5-7-14)12(2)21/h3-9,19H,10H2,1-2H3,(H,20,22). The molecule has 2 N–H and O–H groups in total. The molecule has 4 nitrogen and oxygen atoms in total. The summed E-state index contributed by atoms with van der Waals surface area (Å²) < 4.78 is 0. The van der Waals surface area contributed by atoms with Crippen LogP contribution in [0.4, 0.5) is 11.4 Å². The van der Waals surface area contributed by atoms with E-state index in [1.165, 1.54) is 6.92 Å². The summed E-state index contributed by atoms with van der Waals surface area (Å²) in [5, 5.41) is 6.26. The molecule has 0 saturated heterocycles. The van der Waals surface area contributed by atoms with Crippen molar-refractivity contribution in [1.82, 2.24) is 0 Å². The zero-order chi connectivity index (χ0) is 16.1. The Hall–Kier alpha value is -2.33. The van der Waals surface area contributed by atoms with E-state index in [1.807, 2.05) is 13.0 Å². The van der Waals surface area contributed by atoms with E-state index in [4.69, 9.17) is 11.6 Å². The van der Waals surface area contributed by atoms with Gasteiger partial charge in [-0.25, -0.2) is 0 Å². The first kappa shape index (κ1) is 16.0. The number of benzene rings is 2. The Morgan fingerprint density at radius 2 is 1.77 bits per heavy atom. The molecule has 0 unspecified atom stereocenters. The van der Waals surface area contributed by atoms with E-state index in [-0.39, 0.29) is 18.2 Å². The minimum Gasteiger partial charge on any atom is -0.376 e. The van der Waals surface area contributed by atoms with E-state index < -0.39 is 0 Å². The van der Waals surface area contributed by atoms with Crippen LogP contribution in [0.5, 0.6) is 0 Å². The number of Topliss-reactive ketones (excluding diaryl/α,β-unsaturated/α-hetero) is 1. The van der Waals surface area contributed by atoms with Gasteiger partial charge in [-0.1, -0.05) is 17.7 Å². The van der Waals surface area contributed by atoms with Gasteiger partial charge < -0.3 is 10.6 Å². The number of carbonyl (C=O) groups excluding carboxylic acids is 2. The van der Waals surface area contributed by atoms with Crippen molar-refractivity contribution in [2.45, 2.75) is 13.8 Å². The molecule has 2 rings (SSSR count). The SMILES string of the molecule is CC(=O)c1ccc(NCC(=O)Nc2ccc(C)cc2Cl)cc1. The predicted molar refractivity (Wildman–Crippen MR) is 89.8 cm³/mol. The van der Waals surface area contributed by atoms with Gasteiger partial charge in [-0.05, 0) is 55.8 Å². The first-order valence-corrected chi connectivity index (χ1v) is 7.24. The molecule has 0 spiro atoms. The number of ketones is 1. The Morgan fingerprint density at radius 1 is 1.09 bits per heavy atom. The number of halogens is 1. The average molecular weight is 317 g/mol. The fraction of sp³-hybridized carbons (Fsp3) is 0.176. The van der Waals surface area contributed by atoms with Gasteiger partial charge in [-0.3, -0.25) is 9.59 Å². The molecule has 1 amide bonds. The zero-order valence-corrected chi connectivity index (χ0v) is 13.2. The molecular formula is C17H17ClN2O2. The Labute approximate surface area is 134 Å². The molecule has 0 fully saturated rings. The van der Waals surface area contributed by atoms with Gasteiger partial charge in [0.05, 0.1) is 17.3 Å². The highest BCUT2D eigenvalue weighted by atomic mass is 35.5. The minimum atomic E-state index is -0.193. The van der Waals surface area contributed by atoms with Crippen LogP contribution in [0.1, 0.15) is 22.8 Å². The van der Waals surface area contributed by atoms with Crippen LogP contribution in [-0.2, 0) is 4.79 Å². The van der Waals surface area contributed by atoms with Crippen molar-refractivity contribution >= 4 is 34.7 Å². The zero-order valence-electron chi connectivity index (χ0n) is 12.4. The molecule has 2 aromatic carbocycles.